The molecule has 0 fully saturated rings. The van der Waals surface area contributed by atoms with Crippen LogP contribution < -0.4 is 14.4 Å². The fraction of sp³-hybridized carbons (Fsp3) is 0.333. The number of aryl methyl sites for hydroxylation is 2. The fourth-order valence-corrected chi connectivity index (χ4v) is 5.47. The molecule has 1 N–H and O–H groups in total. The number of nitrogens with zero attached hydrogens (tertiary/aromatic N) is 2. The Morgan fingerprint density at radius 2 is 1.54 bits per heavy atom. The number of carbonyl (C=O) groups excluding carboxylic acids is 2. The van der Waals surface area contributed by atoms with Crippen molar-refractivity contribution in [3.63, 3.8) is 0 Å². The van der Waals surface area contributed by atoms with Gasteiger partial charge in [0.1, 0.15) is 18.3 Å². The van der Waals surface area contributed by atoms with E-state index in [0.717, 1.165) is 21.0 Å². The quantitative estimate of drug-likeness (QED) is 0.380. The van der Waals surface area contributed by atoms with E-state index in [1.54, 1.807) is 56.5 Å². The van der Waals surface area contributed by atoms with Gasteiger partial charge in [0.25, 0.3) is 10.0 Å². The number of amides is 2. The summed E-state index contributed by atoms with van der Waals surface area (Å²) < 4.78 is 34.1. The number of ether oxygens (including phenoxy) is 1. The molecule has 0 saturated heterocycles. The van der Waals surface area contributed by atoms with Crippen LogP contribution >= 0.6 is 0 Å². The maximum Gasteiger partial charge on any atom is 0.264 e. The molecule has 9 heteroatoms. The van der Waals surface area contributed by atoms with Crippen LogP contribution in [-0.2, 0) is 26.2 Å². The summed E-state index contributed by atoms with van der Waals surface area (Å²) >= 11 is 0. The molecule has 8 nitrogen and oxygen atoms in total. The lowest BCUT2D eigenvalue weighted by Gasteiger charge is -2.32. The van der Waals surface area contributed by atoms with Crippen LogP contribution in [0.4, 0.5) is 5.69 Å². The number of rotatable bonds is 11. The van der Waals surface area contributed by atoms with E-state index in [2.05, 4.69) is 5.32 Å². The van der Waals surface area contributed by atoms with Crippen molar-refractivity contribution in [3.05, 3.63) is 89.5 Å². The summed E-state index contributed by atoms with van der Waals surface area (Å²) in [4.78, 5) is 28.4. The number of carbonyl (C=O) groups is 2. The van der Waals surface area contributed by atoms with Gasteiger partial charge in [-0.2, -0.15) is 0 Å². The van der Waals surface area contributed by atoms with Crippen molar-refractivity contribution in [2.75, 3.05) is 18.0 Å². The van der Waals surface area contributed by atoms with Gasteiger partial charge in [-0.25, -0.2) is 8.42 Å². The molecule has 0 aromatic heterocycles. The molecule has 208 valence electrons. The highest BCUT2D eigenvalue weighted by Crippen LogP contribution is 2.26. The van der Waals surface area contributed by atoms with Crippen molar-refractivity contribution < 1.29 is 22.7 Å². The van der Waals surface area contributed by atoms with Gasteiger partial charge in [0.15, 0.2) is 0 Å². The number of benzene rings is 3. The van der Waals surface area contributed by atoms with Gasteiger partial charge in [-0.05, 0) is 82.1 Å². The van der Waals surface area contributed by atoms with E-state index in [1.165, 1.54) is 17.0 Å². The molecule has 0 spiro atoms. The maximum atomic E-state index is 13.9. The predicted octanol–water partition coefficient (Wildman–Crippen LogP) is 4.45. The summed E-state index contributed by atoms with van der Waals surface area (Å²) in [6, 6.07) is 19.7. The first kappa shape index (κ1) is 29.7. The summed E-state index contributed by atoms with van der Waals surface area (Å²) in [5.41, 5.74) is 2.91. The lowest BCUT2D eigenvalue weighted by molar-refractivity contribution is -0.139. The first-order valence-electron chi connectivity index (χ1n) is 12.8. The van der Waals surface area contributed by atoms with Crippen molar-refractivity contribution in [2.24, 2.45) is 0 Å². The highest BCUT2D eigenvalue weighted by molar-refractivity contribution is 7.92. The van der Waals surface area contributed by atoms with E-state index in [1.807, 2.05) is 45.9 Å². The number of sulfonamides is 1. The van der Waals surface area contributed by atoms with Crippen LogP contribution in [0.2, 0.25) is 0 Å². The summed E-state index contributed by atoms with van der Waals surface area (Å²) in [7, 11) is -2.53. The van der Waals surface area contributed by atoms with E-state index in [-0.39, 0.29) is 23.4 Å². The molecule has 3 aromatic carbocycles. The van der Waals surface area contributed by atoms with Gasteiger partial charge < -0.3 is 15.0 Å². The lowest BCUT2D eigenvalue weighted by Crippen LogP contribution is -2.52. The molecule has 3 rings (SSSR count). The Morgan fingerprint density at radius 1 is 0.897 bits per heavy atom. The van der Waals surface area contributed by atoms with Crippen molar-refractivity contribution >= 4 is 27.5 Å². The molecule has 2 amide bonds. The molecule has 3 aromatic rings. The first-order valence-corrected chi connectivity index (χ1v) is 14.2. The fourth-order valence-electron chi connectivity index (χ4n) is 4.06. The molecular weight excluding hydrogens is 514 g/mol. The minimum absolute atomic E-state index is 0.0784. The molecule has 0 radical (unpaired) electrons. The van der Waals surface area contributed by atoms with E-state index in [9.17, 15) is 18.0 Å². The maximum absolute atomic E-state index is 13.9. The molecule has 0 aliphatic heterocycles. The third-order valence-electron chi connectivity index (χ3n) is 6.29. The Balaban J connectivity index is 2.02. The Morgan fingerprint density at radius 3 is 2.10 bits per heavy atom. The first-order chi connectivity index (χ1) is 18.4. The SMILES string of the molecule is COc1ccc(CN(C(=O)CN(c2cccc(C)c2)S(=O)(=O)c2ccc(C)cc2)[C@H](C)C(=O)NC(C)C)cc1. The zero-order valence-corrected chi connectivity index (χ0v) is 24.2. The summed E-state index contributed by atoms with van der Waals surface area (Å²) in [6.45, 7) is 8.69. The topological polar surface area (TPSA) is 96.0 Å². The second kappa shape index (κ2) is 12.8. The largest absolute Gasteiger partial charge is 0.497 e. The van der Waals surface area contributed by atoms with Crippen LogP contribution in [-0.4, -0.2) is 50.9 Å². The molecule has 0 aliphatic carbocycles. The van der Waals surface area contributed by atoms with Crippen molar-refractivity contribution in [2.45, 2.75) is 58.1 Å². The second-order valence-corrected chi connectivity index (χ2v) is 11.7. The molecule has 39 heavy (non-hydrogen) atoms. The van der Waals surface area contributed by atoms with E-state index in [0.29, 0.717) is 11.4 Å². The number of anilines is 1. The molecule has 0 bridgehead atoms. The van der Waals surface area contributed by atoms with Gasteiger partial charge in [-0.15, -0.1) is 0 Å². The van der Waals surface area contributed by atoms with Gasteiger partial charge in [0, 0.05) is 12.6 Å². The molecule has 0 aliphatic rings. The molecule has 1 atom stereocenters. The normalized spacial score (nSPS) is 12.1. The monoisotopic (exact) mass is 551 g/mol. The van der Waals surface area contributed by atoms with Crippen LogP contribution in [0.15, 0.2) is 77.7 Å². The molecule has 0 heterocycles. The van der Waals surface area contributed by atoms with E-state index < -0.39 is 28.5 Å². The Hall–Kier alpha value is -3.85. The van der Waals surface area contributed by atoms with Gasteiger partial charge in [-0.1, -0.05) is 42.0 Å². The van der Waals surface area contributed by atoms with Crippen molar-refractivity contribution in [1.82, 2.24) is 10.2 Å². The third-order valence-corrected chi connectivity index (χ3v) is 8.08. The third kappa shape index (κ3) is 7.60. The van der Waals surface area contributed by atoms with Crippen molar-refractivity contribution in [1.29, 1.82) is 0 Å². The molecule has 0 saturated carbocycles. The number of hydrogen-bond donors (Lipinski definition) is 1. The lowest BCUT2D eigenvalue weighted by atomic mass is 10.1. The zero-order chi connectivity index (χ0) is 28.7. The average Bonchev–Trinajstić information content (AvgIpc) is 2.90. The summed E-state index contributed by atoms with van der Waals surface area (Å²) in [6.07, 6.45) is 0. The highest BCUT2D eigenvalue weighted by atomic mass is 32.2. The minimum Gasteiger partial charge on any atom is -0.497 e. The van der Waals surface area contributed by atoms with Crippen LogP contribution in [0.5, 0.6) is 5.75 Å². The Labute approximate surface area is 231 Å². The number of nitrogens with one attached hydrogen (secondary N) is 1. The predicted molar refractivity (Wildman–Crippen MR) is 153 cm³/mol. The van der Waals surface area contributed by atoms with Gasteiger partial charge in [0.05, 0.1) is 17.7 Å². The Bertz CT molecular complexity index is 1390. The van der Waals surface area contributed by atoms with Crippen molar-refractivity contribution in [3.8, 4) is 5.75 Å². The second-order valence-electron chi connectivity index (χ2n) is 9.87. The van der Waals surface area contributed by atoms with E-state index >= 15 is 0 Å². The molecular formula is C30H37N3O5S. The van der Waals surface area contributed by atoms with Gasteiger partial charge in [0.2, 0.25) is 11.8 Å². The van der Waals surface area contributed by atoms with Crippen LogP contribution in [0.25, 0.3) is 0 Å². The average molecular weight is 552 g/mol. The molecule has 0 unspecified atom stereocenters. The zero-order valence-electron chi connectivity index (χ0n) is 23.3. The van der Waals surface area contributed by atoms with Gasteiger partial charge >= 0.3 is 0 Å². The van der Waals surface area contributed by atoms with E-state index in [4.69, 9.17) is 4.74 Å². The minimum atomic E-state index is -4.09. The Kier molecular flexibility index (Phi) is 9.75. The van der Waals surface area contributed by atoms with Crippen LogP contribution in [0.3, 0.4) is 0 Å². The summed E-state index contributed by atoms with van der Waals surface area (Å²) in [5, 5.41) is 2.85. The standard InChI is InChI=1S/C30H37N3O5S/c1-21(2)31-30(35)24(5)32(19-25-12-14-27(38-6)15-13-25)29(34)20-33(26-9-7-8-23(4)18-26)39(36,37)28-16-10-22(3)11-17-28/h7-18,21,24H,19-20H2,1-6H3,(H,31,35)/t24-/m1/s1. The smallest absolute Gasteiger partial charge is 0.264 e. The highest BCUT2D eigenvalue weighted by Gasteiger charge is 2.32. The number of hydrogen-bond acceptors (Lipinski definition) is 5. The van der Waals surface area contributed by atoms with Crippen LogP contribution in [0, 0.1) is 13.8 Å². The van der Waals surface area contributed by atoms with Crippen LogP contribution in [0.1, 0.15) is 37.5 Å². The van der Waals surface area contributed by atoms with Gasteiger partial charge in [-0.3, -0.25) is 13.9 Å². The number of methoxy groups -OCH3 is 1. The summed E-state index contributed by atoms with van der Waals surface area (Å²) in [5.74, 6) is -0.165.